The normalized spacial score (nSPS) is 13.0. The standard InChI is InChI=1S/C27H22N4O2S/c1-3-13-28-27-30(26(17-34-27)21-8-6-9-23(16-21)31(32)33)29-18(2)19-11-12-25-22(14-19)15-20-7-4-5-10-24(20)25/h3-12,14,16-17H,1,13,15H2,2H3. The molecule has 0 N–H and O–H groups in total. The van der Waals surface area contributed by atoms with Crippen molar-refractivity contribution in [2.24, 2.45) is 10.1 Å². The second kappa shape index (κ2) is 9.03. The summed E-state index contributed by atoms with van der Waals surface area (Å²) in [4.78, 5) is 16.2. The highest BCUT2D eigenvalue weighted by atomic mass is 32.1. The van der Waals surface area contributed by atoms with Crippen LogP contribution < -0.4 is 4.80 Å². The Balaban J connectivity index is 1.58. The van der Waals surface area contributed by atoms with E-state index < -0.39 is 0 Å². The minimum atomic E-state index is -0.389. The van der Waals surface area contributed by atoms with Gasteiger partial charge in [-0.1, -0.05) is 54.6 Å². The van der Waals surface area contributed by atoms with E-state index >= 15 is 0 Å². The van der Waals surface area contributed by atoms with E-state index in [2.05, 4.69) is 54.0 Å². The van der Waals surface area contributed by atoms with Crippen LogP contribution in [0.25, 0.3) is 22.4 Å². The highest BCUT2D eigenvalue weighted by Crippen LogP contribution is 2.36. The van der Waals surface area contributed by atoms with Gasteiger partial charge in [0.25, 0.3) is 5.69 Å². The summed E-state index contributed by atoms with van der Waals surface area (Å²) in [5.74, 6) is 0. The van der Waals surface area contributed by atoms with Gasteiger partial charge in [0.05, 0.1) is 22.9 Å². The Kier molecular flexibility index (Phi) is 5.77. The Labute approximate surface area is 201 Å². The molecule has 0 saturated heterocycles. The average molecular weight is 467 g/mol. The highest BCUT2D eigenvalue weighted by molar-refractivity contribution is 7.07. The Morgan fingerprint density at radius 1 is 1.12 bits per heavy atom. The van der Waals surface area contributed by atoms with Crippen molar-refractivity contribution in [1.82, 2.24) is 4.68 Å². The number of nitro groups is 1. The van der Waals surface area contributed by atoms with Gasteiger partial charge in [-0.15, -0.1) is 17.9 Å². The lowest BCUT2D eigenvalue weighted by atomic mass is 10.0. The van der Waals surface area contributed by atoms with Gasteiger partial charge in [0, 0.05) is 23.1 Å². The van der Waals surface area contributed by atoms with Crippen LogP contribution in [-0.4, -0.2) is 21.9 Å². The average Bonchev–Trinajstić information content (AvgIpc) is 3.43. The summed E-state index contributed by atoms with van der Waals surface area (Å²) in [5, 5.41) is 18.1. The Bertz CT molecular complexity index is 1530. The number of rotatable bonds is 6. The molecule has 1 heterocycles. The molecule has 168 valence electrons. The third-order valence-electron chi connectivity index (χ3n) is 5.86. The van der Waals surface area contributed by atoms with Crippen molar-refractivity contribution >= 4 is 22.7 Å². The smallest absolute Gasteiger partial charge is 0.258 e. The molecule has 0 saturated carbocycles. The maximum absolute atomic E-state index is 11.3. The monoisotopic (exact) mass is 466 g/mol. The second-order valence-electron chi connectivity index (χ2n) is 8.04. The van der Waals surface area contributed by atoms with E-state index in [-0.39, 0.29) is 10.6 Å². The van der Waals surface area contributed by atoms with E-state index in [0.29, 0.717) is 16.9 Å². The maximum Gasteiger partial charge on any atom is 0.270 e. The molecule has 0 fully saturated rings. The second-order valence-corrected chi connectivity index (χ2v) is 8.88. The third kappa shape index (κ3) is 4.02. The minimum Gasteiger partial charge on any atom is -0.258 e. The quantitative estimate of drug-likeness (QED) is 0.132. The number of nitro benzene ring substituents is 1. The van der Waals surface area contributed by atoms with Crippen LogP contribution in [0.4, 0.5) is 5.69 Å². The molecule has 7 heteroatoms. The van der Waals surface area contributed by atoms with Crippen LogP contribution in [-0.2, 0) is 6.42 Å². The highest BCUT2D eigenvalue weighted by Gasteiger charge is 2.19. The van der Waals surface area contributed by atoms with Crippen LogP contribution in [0, 0.1) is 10.1 Å². The van der Waals surface area contributed by atoms with Gasteiger partial charge < -0.3 is 0 Å². The van der Waals surface area contributed by atoms with Crippen molar-refractivity contribution < 1.29 is 4.92 Å². The van der Waals surface area contributed by atoms with Crippen molar-refractivity contribution in [3.8, 4) is 22.4 Å². The van der Waals surface area contributed by atoms with E-state index in [0.717, 1.165) is 23.4 Å². The van der Waals surface area contributed by atoms with Crippen molar-refractivity contribution in [2.75, 3.05) is 6.54 Å². The van der Waals surface area contributed by atoms with Gasteiger partial charge in [0.1, 0.15) is 0 Å². The third-order valence-corrected chi connectivity index (χ3v) is 6.71. The number of thiazole rings is 1. The molecule has 1 aliphatic carbocycles. The Hall–Kier alpha value is -4.10. The van der Waals surface area contributed by atoms with Crippen molar-refractivity contribution in [1.29, 1.82) is 0 Å². The number of hydrogen-bond donors (Lipinski definition) is 0. The summed E-state index contributed by atoms with van der Waals surface area (Å²) in [5.41, 5.74) is 8.58. The summed E-state index contributed by atoms with van der Waals surface area (Å²) in [6, 6.07) is 21.5. The lowest BCUT2D eigenvalue weighted by molar-refractivity contribution is -0.384. The topological polar surface area (TPSA) is 72.8 Å². The van der Waals surface area contributed by atoms with Gasteiger partial charge >= 0.3 is 0 Å². The first-order chi connectivity index (χ1) is 16.5. The number of nitrogens with zero attached hydrogens (tertiary/aromatic N) is 4. The number of aromatic nitrogens is 1. The molecule has 34 heavy (non-hydrogen) atoms. The zero-order valence-corrected chi connectivity index (χ0v) is 19.5. The zero-order valence-electron chi connectivity index (χ0n) is 18.6. The fourth-order valence-corrected chi connectivity index (χ4v) is 5.04. The van der Waals surface area contributed by atoms with E-state index in [4.69, 9.17) is 5.10 Å². The zero-order chi connectivity index (χ0) is 23.7. The SMILES string of the molecule is C=CCN=c1scc(-c2cccc([N+](=O)[O-])c2)n1N=C(C)c1ccc2c(c1)Cc1ccccc1-2. The molecular weight excluding hydrogens is 444 g/mol. The summed E-state index contributed by atoms with van der Waals surface area (Å²) in [6.07, 6.45) is 2.64. The predicted molar refractivity (Wildman–Crippen MR) is 137 cm³/mol. The summed E-state index contributed by atoms with van der Waals surface area (Å²) in [7, 11) is 0. The lowest BCUT2D eigenvalue weighted by Gasteiger charge is -2.08. The first-order valence-corrected chi connectivity index (χ1v) is 11.8. The van der Waals surface area contributed by atoms with Gasteiger partial charge in [0.2, 0.25) is 4.80 Å². The molecule has 0 bridgehead atoms. The van der Waals surface area contributed by atoms with E-state index in [1.54, 1.807) is 22.9 Å². The van der Waals surface area contributed by atoms with Crippen LogP contribution in [0.2, 0.25) is 0 Å². The van der Waals surface area contributed by atoms with Crippen LogP contribution in [0.15, 0.2) is 94.9 Å². The molecule has 0 spiro atoms. The number of non-ortho nitro benzene ring substituents is 1. The molecule has 1 aliphatic rings. The molecule has 0 radical (unpaired) electrons. The van der Waals surface area contributed by atoms with Crippen LogP contribution >= 0.6 is 11.3 Å². The molecule has 0 aliphatic heterocycles. The molecule has 0 unspecified atom stereocenters. The van der Waals surface area contributed by atoms with E-state index in [1.165, 1.54) is 39.7 Å². The fourth-order valence-electron chi connectivity index (χ4n) is 4.20. The van der Waals surface area contributed by atoms with Crippen molar-refractivity contribution in [2.45, 2.75) is 13.3 Å². The lowest BCUT2D eigenvalue weighted by Crippen LogP contribution is -2.14. The molecule has 5 rings (SSSR count). The van der Waals surface area contributed by atoms with Gasteiger partial charge in [-0.25, -0.2) is 4.68 Å². The summed E-state index contributed by atoms with van der Waals surface area (Å²) < 4.78 is 1.77. The summed E-state index contributed by atoms with van der Waals surface area (Å²) >= 11 is 1.45. The van der Waals surface area contributed by atoms with Gasteiger partial charge in [-0.3, -0.25) is 15.1 Å². The van der Waals surface area contributed by atoms with E-state index in [1.807, 2.05) is 18.4 Å². The number of fused-ring (bicyclic) bond motifs is 3. The predicted octanol–water partition coefficient (Wildman–Crippen LogP) is 6.06. The van der Waals surface area contributed by atoms with Crippen LogP contribution in [0.1, 0.15) is 23.6 Å². The van der Waals surface area contributed by atoms with Crippen LogP contribution in [0.3, 0.4) is 0 Å². The molecule has 1 aromatic heterocycles. The molecular formula is C27H22N4O2S. The maximum atomic E-state index is 11.3. The summed E-state index contributed by atoms with van der Waals surface area (Å²) in [6.45, 7) is 6.19. The fraction of sp³-hybridized carbons (Fsp3) is 0.111. The molecule has 6 nitrogen and oxygen atoms in total. The van der Waals surface area contributed by atoms with Gasteiger partial charge in [-0.05, 0) is 47.2 Å². The molecule has 0 amide bonds. The number of benzene rings is 3. The van der Waals surface area contributed by atoms with Gasteiger partial charge in [0.15, 0.2) is 0 Å². The van der Waals surface area contributed by atoms with E-state index in [9.17, 15) is 10.1 Å². The first-order valence-electron chi connectivity index (χ1n) is 10.9. The van der Waals surface area contributed by atoms with Crippen molar-refractivity contribution in [3.05, 3.63) is 116 Å². The van der Waals surface area contributed by atoms with Crippen molar-refractivity contribution in [3.63, 3.8) is 0 Å². The Morgan fingerprint density at radius 2 is 1.94 bits per heavy atom. The van der Waals surface area contributed by atoms with Gasteiger partial charge in [-0.2, -0.15) is 5.10 Å². The minimum absolute atomic E-state index is 0.0405. The first kappa shape index (κ1) is 21.7. The Morgan fingerprint density at radius 3 is 2.76 bits per heavy atom. The largest absolute Gasteiger partial charge is 0.270 e. The molecule has 4 aromatic rings. The number of hydrogen-bond acceptors (Lipinski definition) is 5. The molecule has 0 atom stereocenters. The molecule has 3 aromatic carbocycles. The van der Waals surface area contributed by atoms with Crippen LogP contribution in [0.5, 0.6) is 0 Å².